The Hall–Kier alpha value is -7.11. The minimum atomic E-state index is -1.24. The molecule has 18 heteroatoms. The van der Waals surface area contributed by atoms with Crippen molar-refractivity contribution in [3.63, 3.8) is 0 Å². The van der Waals surface area contributed by atoms with Gasteiger partial charge in [-0.15, -0.1) is 0 Å². The lowest BCUT2D eigenvalue weighted by atomic mass is 9.95. The van der Waals surface area contributed by atoms with Crippen LogP contribution in [0.2, 0.25) is 0 Å². The molecular weight excluding hydrogens is 943 g/mol. The van der Waals surface area contributed by atoms with E-state index in [1.54, 1.807) is 45.0 Å². The molecule has 396 valence electrons. The van der Waals surface area contributed by atoms with E-state index in [4.69, 9.17) is 0 Å². The fourth-order valence-electron chi connectivity index (χ4n) is 10.6. The molecule has 0 unspecified atom stereocenters. The third kappa shape index (κ3) is 13.3. The maximum Gasteiger partial charge on any atom is 0.246 e. The Morgan fingerprint density at radius 2 is 0.811 bits per heavy atom. The van der Waals surface area contributed by atoms with Crippen molar-refractivity contribution in [1.29, 1.82) is 0 Å². The lowest BCUT2D eigenvalue weighted by molar-refractivity contribution is -0.151. The summed E-state index contributed by atoms with van der Waals surface area (Å²) < 4.78 is 0. The van der Waals surface area contributed by atoms with Gasteiger partial charge in [0.15, 0.2) is 0 Å². The second kappa shape index (κ2) is 25.2. The number of benzene rings is 3. The van der Waals surface area contributed by atoms with Crippen molar-refractivity contribution < 1.29 is 43.2 Å². The van der Waals surface area contributed by atoms with Crippen LogP contribution in [-0.2, 0) is 62.4 Å². The normalized spacial score (nSPS) is 27.7. The molecule has 74 heavy (non-hydrogen) atoms. The zero-order valence-electron chi connectivity index (χ0n) is 43.2. The molecule has 10 atom stereocenters. The zero-order chi connectivity index (χ0) is 53.1. The summed E-state index contributed by atoms with van der Waals surface area (Å²) in [5.41, 5.74) is 2.18. The van der Waals surface area contributed by atoms with Crippen LogP contribution in [0.5, 0.6) is 0 Å². The number of amides is 9. The minimum absolute atomic E-state index is 0.0205. The van der Waals surface area contributed by atoms with Gasteiger partial charge in [-0.1, -0.05) is 125 Å². The van der Waals surface area contributed by atoms with Crippen LogP contribution in [0.3, 0.4) is 0 Å². The summed E-state index contributed by atoms with van der Waals surface area (Å²) in [7, 11) is 0. The van der Waals surface area contributed by atoms with Gasteiger partial charge in [0, 0.05) is 38.9 Å². The average Bonchev–Trinajstić information content (AvgIpc) is 4.21. The SMILES string of the molecule is CC[C@H](C)[C@@H]1NC(=O)[C@H](C(C)C)NC(=O)[C@H](Cc2ccccc2)NC(=O)[C@H](Cc2ccccc2)NC(=O)[C@@H]2CCCN2C(=O)[C@@H]2CCCN2C(=O)[C@@H]2CCCN2C(=O)[C@H](Cc2ccccc2)NC(=O)[C@H](C)NC1=O. The van der Waals surface area contributed by atoms with E-state index in [0.717, 1.165) is 11.1 Å². The monoisotopic (exact) mass is 1020 g/mol. The van der Waals surface area contributed by atoms with E-state index in [1.165, 1.54) is 21.6 Å². The molecule has 3 aromatic carbocycles. The molecule has 0 spiro atoms. The van der Waals surface area contributed by atoms with Crippen molar-refractivity contribution in [2.75, 3.05) is 19.6 Å². The maximum atomic E-state index is 14.8. The van der Waals surface area contributed by atoms with E-state index < -0.39 is 113 Å². The summed E-state index contributed by atoms with van der Waals surface area (Å²) >= 11 is 0. The largest absolute Gasteiger partial charge is 0.343 e. The summed E-state index contributed by atoms with van der Waals surface area (Å²) in [4.78, 5) is 135. The van der Waals surface area contributed by atoms with Crippen LogP contribution in [0.15, 0.2) is 91.0 Å². The van der Waals surface area contributed by atoms with E-state index in [0.29, 0.717) is 50.5 Å². The minimum Gasteiger partial charge on any atom is -0.343 e. The number of hydrogen-bond donors (Lipinski definition) is 6. The standard InChI is InChI=1S/C56H73N9O9/c1-6-35(4)47-53(71)57-36(5)48(66)60-42(33-39-23-14-9-15-24-39)54(72)64-29-17-26-44(64)56(74)65-30-18-27-45(65)55(73)63-28-16-25-43(63)51(69)59-40(31-37-19-10-7-11-20-37)49(67)58-41(32-38-21-12-8-13-22-38)50(68)61-46(34(2)3)52(70)62-47/h7-15,19-24,34-36,40-47H,6,16-18,25-33H2,1-5H3,(H,57,71)(H,58,67)(H,59,69)(H,60,66)(H,61,68)(H,62,70)/t35-,36-,40-,41-,42-,43-,44-,45-,46-,47-/m0/s1. The van der Waals surface area contributed by atoms with Crippen LogP contribution in [0.25, 0.3) is 0 Å². The summed E-state index contributed by atoms with van der Waals surface area (Å²) in [5.74, 6) is -6.11. The van der Waals surface area contributed by atoms with Gasteiger partial charge in [0.05, 0.1) is 0 Å². The lowest BCUT2D eigenvalue weighted by Crippen LogP contribution is -2.62. The van der Waals surface area contributed by atoms with Crippen molar-refractivity contribution in [1.82, 2.24) is 46.6 Å². The third-order valence-electron chi connectivity index (χ3n) is 15.0. The molecule has 0 saturated carbocycles. The number of nitrogens with one attached hydrogen (secondary N) is 6. The van der Waals surface area contributed by atoms with Crippen LogP contribution in [0.4, 0.5) is 0 Å². The molecule has 4 saturated heterocycles. The Bertz CT molecular complexity index is 2490. The molecule has 18 nitrogen and oxygen atoms in total. The van der Waals surface area contributed by atoms with E-state index in [2.05, 4.69) is 31.9 Å². The summed E-state index contributed by atoms with van der Waals surface area (Å²) in [5, 5.41) is 17.1. The predicted molar refractivity (Wildman–Crippen MR) is 276 cm³/mol. The second-order valence-corrected chi connectivity index (χ2v) is 20.7. The van der Waals surface area contributed by atoms with Gasteiger partial charge in [0.1, 0.15) is 54.4 Å². The highest BCUT2D eigenvalue weighted by Gasteiger charge is 2.47. The number of hydrogen-bond acceptors (Lipinski definition) is 9. The Morgan fingerprint density at radius 1 is 0.432 bits per heavy atom. The highest BCUT2D eigenvalue weighted by Crippen LogP contribution is 2.29. The fourth-order valence-corrected chi connectivity index (χ4v) is 10.6. The predicted octanol–water partition coefficient (Wildman–Crippen LogP) is 2.33. The second-order valence-electron chi connectivity index (χ2n) is 20.7. The zero-order valence-corrected chi connectivity index (χ0v) is 43.2. The summed E-state index contributed by atoms with van der Waals surface area (Å²) in [6.07, 6.45) is 3.15. The number of fused-ring (bicyclic) bond motifs is 3. The first-order valence-electron chi connectivity index (χ1n) is 26.4. The van der Waals surface area contributed by atoms with Crippen molar-refractivity contribution in [3.8, 4) is 0 Å². The van der Waals surface area contributed by atoms with Gasteiger partial charge in [0.25, 0.3) is 0 Å². The highest BCUT2D eigenvalue weighted by molar-refractivity contribution is 6.00. The van der Waals surface area contributed by atoms with E-state index in [-0.39, 0.29) is 44.8 Å². The van der Waals surface area contributed by atoms with Crippen LogP contribution in [0, 0.1) is 11.8 Å². The Morgan fingerprint density at radius 3 is 1.28 bits per heavy atom. The molecule has 3 aromatic rings. The molecule has 4 heterocycles. The molecular formula is C56H73N9O9. The van der Waals surface area contributed by atoms with Crippen LogP contribution >= 0.6 is 0 Å². The Balaban J connectivity index is 1.25. The molecule has 0 radical (unpaired) electrons. The van der Waals surface area contributed by atoms with Crippen molar-refractivity contribution in [3.05, 3.63) is 108 Å². The molecule has 7 rings (SSSR count). The Labute approximate surface area is 433 Å². The van der Waals surface area contributed by atoms with Gasteiger partial charge in [-0.3, -0.25) is 43.2 Å². The van der Waals surface area contributed by atoms with Crippen molar-refractivity contribution in [2.24, 2.45) is 11.8 Å². The lowest BCUT2D eigenvalue weighted by Gasteiger charge is -2.35. The first kappa shape index (κ1) is 54.7. The highest BCUT2D eigenvalue weighted by atomic mass is 16.2. The molecule has 9 amide bonds. The van der Waals surface area contributed by atoms with Gasteiger partial charge in [-0.2, -0.15) is 0 Å². The molecule has 0 aliphatic carbocycles. The first-order valence-corrected chi connectivity index (χ1v) is 26.4. The summed E-state index contributed by atoms with van der Waals surface area (Å²) in [6, 6.07) is 17.4. The molecule has 0 bridgehead atoms. The average molecular weight is 1020 g/mol. The van der Waals surface area contributed by atoms with E-state index in [1.807, 2.05) is 73.7 Å². The smallest absolute Gasteiger partial charge is 0.246 e. The molecule has 4 fully saturated rings. The molecule has 0 aromatic heterocycles. The number of carbonyl (C=O) groups excluding carboxylic acids is 9. The van der Waals surface area contributed by atoms with Crippen LogP contribution in [0.1, 0.15) is 96.3 Å². The Kier molecular flexibility index (Phi) is 18.6. The topological polar surface area (TPSA) is 236 Å². The fraction of sp³-hybridized carbons (Fsp3) is 0.518. The van der Waals surface area contributed by atoms with Gasteiger partial charge in [-0.25, -0.2) is 0 Å². The third-order valence-corrected chi connectivity index (χ3v) is 15.0. The van der Waals surface area contributed by atoms with Gasteiger partial charge in [0.2, 0.25) is 53.2 Å². The van der Waals surface area contributed by atoms with E-state index >= 15 is 0 Å². The van der Waals surface area contributed by atoms with Gasteiger partial charge < -0.3 is 46.6 Å². The van der Waals surface area contributed by atoms with Gasteiger partial charge >= 0.3 is 0 Å². The van der Waals surface area contributed by atoms with Crippen molar-refractivity contribution in [2.45, 2.75) is 153 Å². The molecule has 6 N–H and O–H groups in total. The number of nitrogens with zero attached hydrogens (tertiary/aromatic N) is 3. The van der Waals surface area contributed by atoms with Gasteiger partial charge in [-0.05, 0) is 74.0 Å². The van der Waals surface area contributed by atoms with Crippen LogP contribution < -0.4 is 31.9 Å². The van der Waals surface area contributed by atoms with E-state index in [9.17, 15) is 43.2 Å². The molecule has 4 aliphatic rings. The quantitative estimate of drug-likeness (QED) is 0.184. The number of rotatable bonds is 9. The van der Waals surface area contributed by atoms with Crippen LogP contribution in [-0.4, -0.2) is 142 Å². The molecule has 4 aliphatic heterocycles. The number of carbonyl (C=O) groups is 9. The first-order chi connectivity index (χ1) is 35.5. The van der Waals surface area contributed by atoms with Crippen molar-refractivity contribution >= 4 is 53.2 Å². The maximum absolute atomic E-state index is 14.8. The summed E-state index contributed by atoms with van der Waals surface area (Å²) in [6.45, 7) is 9.35.